The molecule has 2 N–H and O–H groups in total. The first-order chi connectivity index (χ1) is 12.5. The van der Waals surface area contributed by atoms with Gasteiger partial charge in [0.2, 0.25) is 0 Å². The molecule has 1 aliphatic rings. The van der Waals surface area contributed by atoms with Gasteiger partial charge in [-0.1, -0.05) is 52.0 Å². The Morgan fingerprint density at radius 3 is 2.19 bits per heavy atom. The highest BCUT2D eigenvalue weighted by Crippen LogP contribution is 2.48. The molecule has 0 unspecified atom stereocenters. The van der Waals surface area contributed by atoms with Crippen molar-refractivity contribution in [3.05, 3.63) is 58.7 Å². The van der Waals surface area contributed by atoms with Crippen LogP contribution in [0.25, 0.3) is 17.2 Å². The van der Waals surface area contributed by atoms with Gasteiger partial charge in [0.05, 0.1) is 0 Å². The first-order valence-corrected chi connectivity index (χ1v) is 9.42. The number of aromatic hydroxyl groups is 1. The predicted octanol–water partition coefficient (Wildman–Crippen LogP) is 5.81. The predicted molar refractivity (Wildman–Crippen MR) is 110 cm³/mol. The highest BCUT2D eigenvalue weighted by atomic mass is 16.4. The van der Waals surface area contributed by atoms with Crippen LogP contribution >= 0.6 is 0 Å². The number of phenols is 1. The molecular weight excluding hydrogens is 336 g/mol. The average Bonchev–Trinajstić information content (AvgIpc) is 2.58. The number of phenolic OH excluding ortho intramolecular Hbond substituents is 1. The number of hydrogen-bond acceptors (Lipinski definition) is 2. The molecule has 2 aromatic carbocycles. The lowest BCUT2D eigenvalue weighted by Gasteiger charge is -2.42. The van der Waals surface area contributed by atoms with Gasteiger partial charge in [0.15, 0.2) is 0 Å². The molecule has 0 bridgehead atoms. The van der Waals surface area contributed by atoms with Crippen LogP contribution in [0.2, 0.25) is 0 Å². The van der Waals surface area contributed by atoms with Gasteiger partial charge in [-0.2, -0.15) is 0 Å². The van der Waals surface area contributed by atoms with Gasteiger partial charge in [0, 0.05) is 17.2 Å². The van der Waals surface area contributed by atoms with Crippen LogP contribution in [0.5, 0.6) is 5.75 Å². The number of rotatable bonds is 3. The van der Waals surface area contributed by atoms with E-state index in [4.69, 9.17) is 5.11 Å². The molecule has 2 aromatic rings. The fraction of sp³-hybridized carbons (Fsp3) is 0.375. The molecule has 27 heavy (non-hydrogen) atoms. The Balaban J connectivity index is 2.20. The van der Waals surface area contributed by atoms with Crippen LogP contribution in [0.15, 0.2) is 36.4 Å². The number of carboxylic acid groups (broad SMARTS) is 1. The number of hydrogen-bond donors (Lipinski definition) is 2. The lowest BCUT2D eigenvalue weighted by atomic mass is 9.62. The molecule has 0 heterocycles. The second kappa shape index (κ2) is 6.56. The van der Waals surface area contributed by atoms with Crippen LogP contribution in [-0.2, 0) is 15.6 Å². The molecule has 0 aliphatic heterocycles. The molecule has 0 spiro atoms. The van der Waals surface area contributed by atoms with Crippen molar-refractivity contribution in [3.63, 3.8) is 0 Å². The number of carbonyl (C=O) groups is 1. The fourth-order valence-corrected chi connectivity index (χ4v) is 4.09. The Kier molecular flexibility index (Phi) is 4.67. The van der Waals surface area contributed by atoms with Crippen LogP contribution in [0.1, 0.15) is 62.8 Å². The van der Waals surface area contributed by atoms with Crippen molar-refractivity contribution in [2.24, 2.45) is 0 Å². The number of carboxylic acids is 1. The van der Waals surface area contributed by atoms with Crippen LogP contribution in [-0.4, -0.2) is 16.2 Å². The molecule has 0 fully saturated rings. The Labute approximate surface area is 161 Å². The Morgan fingerprint density at radius 2 is 1.59 bits per heavy atom. The zero-order chi connectivity index (χ0) is 20.0. The number of fused-ring (bicyclic) bond motifs is 1. The first-order valence-electron chi connectivity index (χ1n) is 9.42. The van der Waals surface area contributed by atoms with Gasteiger partial charge in [-0.25, -0.2) is 4.79 Å². The summed E-state index contributed by atoms with van der Waals surface area (Å²) in [6.07, 6.45) is 4.77. The maximum atomic E-state index is 10.8. The molecule has 3 heteroatoms. The van der Waals surface area contributed by atoms with E-state index in [-0.39, 0.29) is 16.6 Å². The van der Waals surface area contributed by atoms with E-state index in [1.165, 1.54) is 17.2 Å². The highest BCUT2D eigenvalue weighted by Gasteiger charge is 2.37. The second-order valence-corrected chi connectivity index (χ2v) is 8.90. The van der Waals surface area contributed by atoms with Crippen molar-refractivity contribution in [3.8, 4) is 16.9 Å². The van der Waals surface area contributed by atoms with Crippen molar-refractivity contribution < 1.29 is 15.0 Å². The maximum Gasteiger partial charge on any atom is 0.328 e. The molecule has 0 aromatic heterocycles. The quantitative estimate of drug-likeness (QED) is 0.675. The third kappa shape index (κ3) is 3.51. The van der Waals surface area contributed by atoms with Crippen LogP contribution in [0.4, 0.5) is 0 Å². The largest absolute Gasteiger partial charge is 0.507 e. The van der Waals surface area contributed by atoms with Crippen molar-refractivity contribution >= 4 is 12.0 Å². The van der Waals surface area contributed by atoms with Crippen LogP contribution < -0.4 is 0 Å². The summed E-state index contributed by atoms with van der Waals surface area (Å²) in [5, 5.41) is 19.6. The molecule has 0 saturated heterocycles. The van der Waals surface area contributed by atoms with Crippen LogP contribution in [0, 0.1) is 6.92 Å². The third-order valence-electron chi connectivity index (χ3n) is 5.96. The number of para-hydroxylation sites is 1. The molecule has 3 nitrogen and oxygen atoms in total. The minimum Gasteiger partial charge on any atom is -0.507 e. The van der Waals surface area contributed by atoms with Crippen molar-refractivity contribution in [2.75, 3.05) is 0 Å². The average molecular weight is 364 g/mol. The Bertz CT molecular complexity index is 933. The summed E-state index contributed by atoms with van der Waals surface area (Å²) >= 11 is 0. The van der Waals surface area contributed by atoms with Gasteiger partial charge >= 0.3 is 5.97 Å². The number of benzene rings is 2. The van der Waals surface area contributed by atoms with Crippen molar-refractivity contribution in [1.29, 1.82) is 0 Å². The summed E-state index contributed by atoms with van der Waals surface area (Å²) in [5.74, 6) is -0.917. The summed E-state index contributed by atoms with van der Waals surface area (Å²) in [6.45, 7) is 11.2. The van der Waals surface area contributed by atoms with E-state index < -0.39 is 5.97 Å². The van der Waals surface area contributed by atoms with Gasteiger partial charge in [0.25, 0.3) is 0 Å². The van der Waals surface area contributed by atoms with E-state index in [1.54, 1.807) is 6.07 Å². The summed E-state index contributed by atoms with van der Waals surface area (Å²) in [5.41, 5.74) is 6.32. The maximum absolute atomic E-state index is 10.8. The monoisotopic (exact) mass is 364 g/mol. The minimum atomic E-state index is -1.03. The van der Waals surface area contributed by atoms with E-state index >= 15 is 0 Å². The van der Waals surface area contributed by atoms with Gasteiger partial charge in [0.1, 0.15) is 5.75 Å². The van der Waals surface area contributed by atoms with Crippen molar-refractivity contribution in [2.45, 2.75) is 58.3 Å². The van der Waals surface area contributed by atoms with Crippen LogP contribution in [0.3, 0.4) is 0 Å². The molecule has 0 radical (unpaired) electrons. The minimum absolute atomic E-state index is 0.0870. The van der Waals surface area contributed by atoms with Gasteiger partial charge < -0.3 is 10.2 Å². The van der Waals surface area contributed by atoms with E-state index in [1.807, 2.05) is 12.1 Å². The Morgan fingerprint density at radius 1 is 1.00 bits per heavy atom. The SMILES string of the molecule is Cc1cc2c(cc1-c1cccc(C=CC(=O)O)c1O)C(C)(C)CCC2(C)C. The summed E-state index contributed by atoms with van der Waals surface area (Å²) in [4.78, 5) is 10.8. The summed E-state index contributed by atoms with van der Waals surface area (Å²) in [6, 6.07) is 9.96. The van der Waals surface area contributed by atoms with E-state index in [2.05, 4.69) is 46.8 Å². The summed E-state index contributed by atoms with van der Waals surface area (Å²) in [7, 11) is 0. The van der Waals surface area contributed by atoms with E-state index in [9.17, 15) is 9.90 Å². The fourth-order valence-electron chi connectivity index (χ4n) is 4.09. The highest BCUT2D eigenvalue weighted by molar-refractivity contribution is 5.87. The normalized spacial score (nSPS) is 17.7. The van der Waals surface area contributed by atoms with Crippen molar-refractivity contribution in [1.82, 2.24) is 0 Å². The summed E-state index contributed by atoms with van der Waals surface area (Å²) < 4.78 is 0. The molecule has 0 amide bonds. The molecular formula is C24H28O3. The molecule has 1 aliphatic carbocycles. The lowest BCUT2D eigenvalue weighted by molar-refractivity contribution is -0.131. The molecule has 3 rings (SSSR count). The molecule has 142 valence electrons. The first kappa shape index (κ1) is 19.2. The Hall–Kier alpha value is -2.55. The third-order valence-corrected chi connectivity index (χ3v) is 5.96. The lowest BCUT2D eigenvalue weighted by Crippen LogP contribution is -2.34. The van der Waals surface area contributed by atoms with Gasteiger partial charge in [-0.15, -0.1) is 0 Å². The second-order valence-electron chi connectivity index (χ2n) is 8.90. The molecule has 0 saturated carbocycles. The number of aryl methyl sites for hydroxylation is 1. The molecule has 0 atom stereocenters. The van der Waals surface area contributed by atoms with E-state index in [0.29, 0.717) is 5.56 Å². The number of aliphatic carboxylic acids is 1. The zero-order valence-corrected chi connectivity index (χ0v) is 16.8. The smallest absolute Gasteiger partial charge is 0.328 e. The zero-order valence-electron chi connectivity index (χ0n) is 16.8. The topological polar surface area (TPSA) is 57.5 Å². The van der Waals surface area contributed by atoms with E-state index in [0.717, 1.165) is 35.6 Å². The van der Waals surface area contributed by atoms with Gasteiger partial charge in [-0.05, 0) is 65.0 Å². The van der Waals surface area contributed by atoms with Gasteiger partial charge in [-0.3, -0.25) is 0 Å². The standard InChI is InChI=1S/C24H28O3/c1-15-13-19-20(24(4,5)12-11-23(19,2)3)14-18(15)17-8-6-7-16(22(17)27)9-10-21(25)26/h6-10,13-14,27H,11-12H2,1-5H3,(H,25,26).